The standard InChI is InChI=1S/C22H29N5O5/c1-5-32-22(30)18-12-23-25(3)20(18)24-19(28)14-26-10-11-27(13-15(26)2)17-8-6-16(7-9-17)21(29)31-4/h6-9,12,15H,5,10-11,13-14H2,1-4H3,(H,24,28). The van der Waals surface area contributed by atoms with Crippen LogP contribution in [-0.2, 0) is 21.3 Å². The molecule has 0 radical (unpaired) electrons. The number of hydrogen-bond donors (Lipinski definition) is 1. The molecule has 3 rings (SSSR count). The van der Waals surface area contributed by atoms with Gasteiger partial charge in [-0.05, 0) is 38.1 Å². The van der Waals surface area contributed by atoms with E-state index in [2.05, 4.69) is 27.1 Å². The largest absolute Gasteiger partial charge is 0.465 e. The van der Waals surface area contributed by atoms with E-state index >= 15 is 0 Å². The van der Waals surface area contributed by atoms with Gasteiger partial charge in [-0.1, -0.05) is 0 Å². The Bertz CT molecular complexity index is 972. The van der Waals surface area contributed by atoms with Crippen LogP contribution in [0.2, 0.25) is 0 Å². The Morgan fingerprint density at radius 3 is 2.50 bits per heavy atom. The van der Waals surface area contributed by atoms with Gasteiger partial charge < -0.3 is 19.7 Å². The number of anilines is 2. The fourth-order valence-corrected chi connectivity index (χ4v) is 3.69. The van der Waals surface area contributed by atoms with Gasteiger partial charge in [-0.2, -0.15) is 5.10 Å². The van der Waals surface area contributed by atoms with E-state index in [1.165, 1.54) is 18.0 Å². The van der Waals surface area contributed by atoms with Crippen molar-refractivity contribution in [1.29, 1.82) is 0 Å². The summed E-state index contributed by atoms with van der Waals surface area (Å²) >= 11 is 0. The van der Waals surface area contributed by atoms with Crippen molar-refractivity contribution in [1.82, 2.24) is 14.7 Å². The van der Waals surface area contributed by atoms with Crippen molar-refractivity contribution in [3.05, 3.63) is 41.6 Å². The zero-order valence-electron chi connectivity index (χ0n) is 18.8. The topological polar surface area (TPSA) is 106 Å². The third-order valence-corrected chi connectivity index (χ3v) is 5.46. The number of ether oxygens (including phenoxy) is 2. The second kappa shape index (κ2) is 10.3. The van der Waals surface area contributed by atoms with E-state index in [4.69, 9.17) is 9.47 Å². The van der Waals surface area contributed by atoms with E-state index < -0.39 is 5.97 Å². The average Bonchev–Trinajstić information content (AvgIpc) is 3.15. The Kier molecular flexibility index (Phi) is 7.47. The lowest BCUT2D eigenvalue weighted by atomic mass is 10.1. The number of rotatable bonds is 7. The number of carbonyl (C=O) groups excluding carboxylic acids is 3. The summed E-state index contributed by atoms with van der Waals surface area (Å²) in [5.74, 6) is -0.774. The molecule has 172 valence electrons. The lowest BCUT2D eigenvalue weighted by Gasteiger charge is -2.40. The number of amides is 1. The third-order valence-electron chi connectivity index (χ3n) is 5.46. The van der Waals surface area contributed by atoms with Crippen molar-refractivity contribution in [2.24, 2.45) is 7.05 Å². The van der Waals surface area contributed by atoms with Crippen LogP contribution in [0.4, 0.5) is 11.5 Å². The van der Waals surface area contributed by atoms with Crippen LogP contribution in [0, 0.1) is 0 Å². The molecule has 1 aromatic carbocycles. The second-order valence-corrected chi connectivity index (χ2v) is 7.60. The molecule has 0 aliphatic carbocycles. The first kappa shape index (κ1) is 23.3. The van der Waals surface area contributed by atoms with Crippen LogP contribution in [0.25, 0.3) is 0 Å². The van der Waals surface area contributed by atoms with Crippen molar-refractivity contribution < 1.29 is 23.9 Å². The summed E-state index contributed by atoms with van der Waals surface area (Å²) in [6, 6.07) is 7.44. The number of piperazine rings is 1. The number of esters is 2. The van der Waals surface area contributed by atoms with Gasteiger partial charge >= 0.3 is 11.9 Å². The molecular weight excluding hydrogens is 414 g/mol. The molecule has 1 aliphatic rings. The molecule has 10 nitrogen and oxygen atoms in total. The highest BCUT2D eigenvalue weighted by molar-refractivity contribution is 6.00. The number of methoxy groups -OCH3 is 1. The van der Waals surface area contributed by atoms with Crippen molar-refractivity contribution in [2.45, 2.75) is 19.9 Å². The number of benzene rings is 1. The molecule has 10 heteroatoms. The summed E-state index contributed by atoms with van der Waals surface area (Å²) in [4.78, 5) is 40.7. The van der Waals surface area contributed by atoms with Gasteiger partial charge in [0.2, 0.25) is 5.91 Å². The molecule has 1 saturated heterocycles. The van der Waals surface area contributed by atoms with E-state index in [0.29, 0.717) is 17.9 Å². The SMILES string of the molecule is CCOC(=O)c1cnn(C)c1NC(=O)CN1CCN(c2ccc(C(=O)OC)cc2)CC1C. The Hall–Kier alpha value is -3.40. The summed E-state index contributed by atoms with van der Waals surface area (Å²) in [6.07, 6.45) is 1.39. The molecule has 1 N–H and O–H groups in total. The van der Waals surface area contributed by atoms with Crippen LogP contribution in [0.1, 0.15) is 34.6 Å². The summed E-state index contributed by atoms with van der Waals surface area (Å²) in [5.41, 5.74) is 1.76. The number of nitrogens with zero attached hydrogens (tertiary/aromatic N) is 4. The lowest BCUT2D eigenvalue weighted by molar-refractivity contribution is -0.117. The Balaban J connectivity index is 1.58. The molecule has 0 saturated carbocycles. The molecule has 1 atom stereocenters. The predicted molar refractivity (Wildman–Crippen MR) is 119 cm³/mol. The fraction of sp³-hybridized carbons (Fsp3) is 0.455. The van der Waals surface area contributed by atoms with Crippen LogP contribution < -0.4 is 10.2 Å². The smallest absolute Gasteiger partial charge is 0.343 e. The van der Waals surface area contributed by atoms with Gasteiger partial charge in [-0.25, -0.2) is 9.59 Å². The molecule has 1 aliphatic heterocycles. The average molecular weight is 444 g/mol. The summed E-state index contributed by atoms with van der Waals surface area (Å²) in [5, 5.41) is 6.85. The number of aryl methyl sites for hydroxylation is 1. The monoisotopic (exact) mass is 443 g/mol. The summed E-state index contributed by atoms with van der Waals surface area (Å²) in [7, 11) is 3.02. The first-order valence-electron chi connectivity index (χ1n) is 10.5. The van der Waals surface area contributed by atoms with Gasteiger partial charge in [0, 0.05) is 38.4 Å². The Morgan fingerprint density at radius 2 is 1.88 bits per heavy atom. The lowest BCUT2D eigenvalue weighted by Crippen LogP contribution is -2.53. The van der Waals surface area contributed by atoms with E-state index in [0.717, 1.165) is 18.8 Å². The number of aromatic nitrogens is 2. The van der Waals surface area contributed by atoms with E-state index in [-0.39, 0.29) is 36.6 Å². The maximum Gasteiger partial charge on any atom is 0.343 e. The minimum absolute atomic E-state index is 0.130. The Morgan fingerprint density at radius 1 is 1.16 bits per heavy atom. The number of carbonyl (C=O) groups is 3. The minimum atomic E-state index is -0.517. The maximum absolute atomic E-state index is 12.7. The first-order valence-corrected chi connectivity index (χ1v) is 10.5. The van der Waals surface area contributed by atoms with Crippen molar-refractivity contribution in [3.8, 4) is 0 Å². The summed E-state index contributed by atoms with van der Waals surface area (Å²) in [6.45, 7) is 6.42. The molecule has 1 aromatic heterocycles. The molecule has 1 unspecified atom stereocenters. The van der Waals surface area contributed by atoms with Crippen LogP contribution in [-0.4, -0.2) is 78.5 Å². The molecule has 1 fully saturated rings. The Labute approximate surface area is 187 Å². The van der Waals surface area contributed by atoms with Crippen LogP contribution in [0.15, 0.2) is 30.5 Å². The number of hydrogen-bond acceptors (Lipinski definition) is 8. The second-order valence-electron chi connectivity index (χ2n) is 7.60. The maximum atomic E-state index is 12.7. The molecule has 32 heavy (non-hydrogen) atoms. The van der Waals surface area contributed by atoms with Crippen LogP contribution in [0.3, 0.4) is 0 Å². The summed E-state index contributed by atoms with van der Waals surface area (Å²) < 4.78 is 11.2. The predicted octanol–water partition coefficient (Wildman–Crippen LogP) is 1.53. The quantitative estimate of drug-likeness (QED) is 0.643. The van der Waals surface area contributed by atoms with Crippen molar-refractivity contribution >= 4 is 29.4 Å². The zero-order chi connectivity index (χ0) is 23.3. The number of nitrogens with one attached hydrogen (secondary N) is 1. The molecule has 2 heterocycles. The third kappa shape index (κ3) is 5.25. The van der Waals surface area contributed by atoms with Gasteiger partial charge in [0.25, 0.3) is 0 Å². The van der Waals surface area contributed by atoms with Gasteiger partial charge in [0.15, 0.2) is 0 Å². The van der Waals surface area contributed by atoms with Gasteiger partial charge in [-0.3, -0.25) is 14.4 Å². The highest BCUT2D eigenvalue weighted by atomic mass is 16.5. The van der Waals surface area contributed by atoms with Gasteiger partial charge in [0.05, 0.1) is 32.0 Å². The fourth-order valence-electron chi connectivity index (χ4n) is 3.69. The zero-order valence-corrected chi connectivity index (χ0v) is 18.8. The molecule has 0 spiro atoms. The molecule has 2 aromatic rings. The molecule has 1 amide bonds. The highest BCUT2D eigenvalue weighted by Gasteiger charge is 2.27. The van der Waals surface area contributed by atoms with Crippen molar-refractivity contribution in [3.63, 3.8) is 0 Å². The van der Waals surface area contributed by atoms with E-state index in [9.17, 15) is 14.4 Å². The van der Waals surface area contributed by atoms with Gasteiger partial charge in [0.1, 0.15) is 11.4 Å². The van der Waals surface area contributed by atoms with Crippen molar-refractivity contribution in [2.75, 3.05) is 50.1 Å². The molecule has 0 bridgehead atoms. The van der Waals surface area contributed by atoms with Crippen LogP contribution >= 0.6 is 0 Å². The van der Waals surface area contributed by atoms with Gasteiger partial charge in [-0.15, -0.1) is 0 Å². The van der Waals surface area contributed by atoms with E-state index in [1.54, 1.807) is 26.1 Å². The van der Waals surface area contributed by atoms with Crippen LogP contribution in [0.5, 0.6) is 0 Å². The highest BCUT2D eigenvalue weighted by Crippen LogP contribution is 2.21. The first-order chi connectivity index (χ1) is 15.3. The van der Waals surface area contributed by atoms with E-state index in [1.807, 2.05) is 12.1 Å². The minimum Gasteiger partial charge on any atom is -0.465 e. The normalized spacial score (nSPS) is 16.5. The molecular formula is C22H29N5O5.